The maximum Gasteiger partial charge on any atom is 0.0400 e. The van der Waals surface area contributed by atoms with Gasteiger partial charge < -0.3 is 5.32 Å². The highest BCUT2D eigenvalue weighted by Crippen LogP contribution is 2.23. The van der Waals surface area contributed by atoms with Crippen LogP contribution in [0, 0.1) is 0 Å². The van der Waals surface area contributed by atoms with E-state index >= 15 is 0 Å². The summed E-state index contributed by atoms with van der Waals surface area (Å²) >= 11 is 3.45. The molecule has 0 bridgehead atoms. The minimum Gasteiger partial charge on any atom is -0.381 e. The normalized spacial score (nSPS) is 11.4. The van der Waals surface area contributed by atoms with E-state index in [0.717, 1.165) is 16.7 Å². The van der Waals surface area contributed by atoms with Crippen molar-refractivity contribution in [2.75, 3.05) is 5.32 Å². The predicted octanol–water partition coefficient (Wildman–Crippen LogP) is 5.36. The topological polar surface area (TPSA) is 12.0 Å². The van der Waals surface area contributed by atoms with E-state index in [9.17, 15) is 0 Å². The van der Waals surface area contributed by atoms with Gasteiger partial charge >= 0.3 is 0 Å². The van der Waals surface area contributed by atoms with Gasteiger partial charge in [0.1, 0.15) is 0 Å². The van der Waals surface area contributed by atoms with Gasteiger partial charge in [-0.25, -0.2) is 0 Å². The molecule has 2 aromatic carbocycles. The third-order valence-corrected chi connectivity index (χ3v) is 3.69. The quantitative estimate of drug-likeness (QED) is 0.803. The second-order valence-corrected chi connectivity index (χ2v) is 6.72. The highest BCUT2D eigenvalue weighted by atomic mass is 79.9. The summed E-state index contributed by atoms with van der Waals surface area (Å²) in [6.07, 6.45) is 0. The average molecular weight is 318 g/mol. The maximum atomic E-state index is 3.45. The lowest BCUT2D eigenvalue weighted by Gasteiger charge is -2.19. The van der Waals surface area contributed by atoms with Crippen molar-refractivity contribution in [1.82, 2.24) is 0 Å². The molecule has 0 saturated carbocycles. The number of hydrogen-bond donors (Lipinski definition) is 1. The first kappa shape index (κ1) is 14.1. The summed E-state index contributed by atoms with van der Waals surface area (Å²) in [4.78, 5) is 0. The van der Waals surface area contributed by atoms with Crippen LogP contribution in [0.3, 0.4) is 0 Å². The van der Waals surface area contributed by atoms with Crippen molar-refractivity contribution in [3.8, 4) is 0 Å². The lowest BCUT2D eigenvalue weighted by atomic mass is 9.87. The Balaban J connectivity index is 1.98. The summed E-state index contributed by atoms with van der Waals surface area (Å²) in [6.45, 7) is 7.55. The lowest BCUT2D eigenvalue weighted by molar-refractivity contribution is 0.590. The maximum absolute atomic E-state index is 3.45. The molecule has 0 heterocycles. The third kappa shape index (κ3) is 4.10. The van der Waals surface area contributed by atoms with Crippen LogP contribution >= 0.6 is 15.9 Å². The molecule has 0 spiro atoms. The van der Waals surface area contributed by atoms with Crippen molar-refractivity contribution < 1.29 is 0 Å². The number of hydrogen-bond acceptors (Lipinski definition) is 1. The zero-order valence-corrected chi connectivity index (χ0v) is 13.3. The average Bonchev–Trinajstić information content (AvgIpc) is 2.37. The van der Waals surface area contributed by atoms with Crippen molar-refractivity contribution in [2.24, 2.45) is 0 Å². The van der Waals surface area contributed by atoms with Crippen molar-refractivity contribution in [3.05, 3.63) is 64.1 Å². The van der Waals surface area contributed by atoms with Gasteiger partial charge in [0.25, 0.3) is 0 Å². The molecule has 2 rings (SSSR count). The summed E-state index contributed by atoms with van der Waals surface area (Å²) in [5, 5.41) is 3.44. The van der Waals surface area contributed by atoms with Crippen LogP contribution in [-0.4, -0.2) is 0 Å². The summed E-state index contributed by atoms with van der Waals surface area (Å²) < 4.78 is 1.12. The second kappa shape index (κ2) is 5.79. The Morgan fingerprint density at radius 3 is 2.00 bits per heavy atom. The van der Waals surface area contributed by atoms with E-state index in [2.05, 4.69) is 90.5 Å². The van der Waals surface area contributed by atoms with Crippen molar-refractivity contribution >= 4 is 21.6 Å². The molecular weight excluding hydrogens is 298 g/mol. The smallest absolute Gasteiger partial charge is 0.0400 e. The van der Waals surface area contributed by atoms with Crippen molar-refractivity contribution in [1.29, 1.82) is 0 Å². The van der Waals surface area contributed by atoms with Crippen LogP contribution in [0.15, 0.2) is 53.0 Å². The molecule has 0 aliphatic carbocycles. The second-order valence-electron chi connectivity index (χ2n) is 5.81. The van der Waals surface area contributed by atoms with Crippen LogP contribution in [0.4, 0.5) is 5.69 Å². The Morgan fingerprint density at radius 1 is 0.895 bits per heavy atom. The summed E-state index contributed by atoms with van der Waals surface area (Å²) in [7, 11) is 0. The van der Waals surface area contributed by atoms with E-state index in [1.54, 1.807) is 0 Å². The monoisotopic (exact) mass is 317 g/mol. The highest BCUT2D eigenvalue weighted by molar-refractivity contribution is 9.10. The van der Waals surface area contributed by atoms with Gasteiger partial charge in [-0.3, -0.25) is 0 Å². The standard InChI is InChI=1S/C17H20BrN/c1-17(2,3)14-6-10-16(11-7-14)19-12-13-4-8-15(18)9-5-13/h4-11,19H,12H2,1-3H3. The Bertz CT molecular complexity index is 521. The molecule has 2 heteroatoms. The van der Waals surface area contributed by atoms with E-state index < -0.39 is 0 Å². The SMILES string of the molecule is CC(C)(C)c1ccc(NCc2ccc(Br)cc2)cc1. The number of halogens is 1. The first-order chi connectivity index (χ1) is 8.95. The molecule has 0 atom stereocenters. The molecule has 100 valence electrons. The molecule has 0 fully saturated rings. The zero-order valence-electron chi connectivity index (χ0n) is 11.7. The molecule has 1 nitrogen and oxygen atoms in total. The van der Waals surface area contributed by atoms with Crippen LogP contribution in [0.5, 0.6) is 0 Å². The fraction of sp³-hybridized carbons (Fsp3) is 0.294. The Hall–Kier alpha value is -1.28. The van der Waals surface area contributed by atoms with Gasteiger partial charge in [0.05, 0.1) is 0 Å². The Labute approximate surface area is 124 Å². The Kier molecular flexibility index (Phi) is 4.31. The molecular formula is C17H20BrN. The van der Waals surface area contributed by atoms with Crippen molar-refractivity contribution in [3.63, 3.8) is 0 Å². The highest BCUT2D eigenvalue weighted by Gasteiger charge is 2.12. The van der Waals surface area contributed by atoms with Crippen LogP contribution in [0.1, 0.15) is 31.9 Å². The van der Waals surface area contributed by atoms with Gasteiger partial charge in [0, 0.05) is 16.7 Å². The fourth-order valence-electron chi connectivity index (χ4n) is 1.89. The fourth-order valence-corrected chi connectivity index (χ4v) is 2.16. The molecule has 0 unspecified atom stereocenters. The minimum atomic E-state index is 0.213. The lowest BCUT2D eigenvalue weighted by Crippen LogP contribution is -2.10. The molecule has 0 aromatic heterocycles. The number of benzene rings is 2. The van der Waals surface area contributed by atoms with E-state index in [1.165, 1.54) is 11.1 Å². The predicted molar refractivity (Wildman–Crippen MR) is 86.6 cm³/mol. The number of rotatable bonds is 3. The Morgan fingerprint density at radius 2 is 1.47 bits per heavy atom. The number of nitrogens with one attached hydrogen (secondary N) is 1. The van der Waals surface area contributed by atoms with Gasteiger partial charge in [-0.1, -0.05) is 61.0 Å². The first-order valence-electron chi connectivity index (χ1n) is 6.54. The molecule has 0 aliphatic rings. The first-order valence-corrected chi connectivity index (χ1v) is 7.33. The van der Waals surface area contributed by atoms with Crippen LogP contribution < -0.4 is 5.32 Å². The molecule has 1 N–H and O–H groups in total. The van der Waals surface area contributed by atoms with Gasteiger partial charge in [0.2, 0.25) is 0 Å². The molecule has 2 aromatic rings. The molecule has 0 saturated heterocycles. The van der Waals surface area contributed by atoms with Gasteiger partial charge in [-0.2, -0.15) is 0 Å². The molecule has 0 radical (unpaired) electrons. The van der Waals surface area contributed by atoms with E-state index in [-0.39, 0.29) is 5.41 Å². The summed E-state index contributed by atoms with van der Waals surface area (Å²) in [5.74, 6) is 0. The van der Waals surface area contributed by atoms with Crippen molar-refractivity contribution in [2.45, 2.75) is 32.7 Å². The van der Waals surface area contributed by atoms with Gasteiger partial charge in [-0.15, -0.1) is 0 Å². The van der Waals surface area contributed by atoms with E-state index in [1.807, 2.05) is 0 Å². The van der Waals surface area contributed by atoms with Crippen LogP contribution in [0.25, 0.3) is 0 Å². The van der Waals surface area contributed by atoms with Crippen LogP contribution in [-0.2, 0) is 12.0 Å². The molecule has 0 amide bonds. The number of anilines is 1. The summed E-state index contributed by atoms with van der Waals surface area (Å²) in [6, 6.07) is 17.1. The van der Waals surface area contributed by atoms with E-state index in [4.69, 9.17) is 0 Å². The summed E-state index contributed by atoms with van der Waals surface area (Å²) in [5.41, 5.74) is 4.02. The largest absolute Gasteiger partial charge is 0.381 e. The molecule has 0 aliphatic heterocycles. The van der Waals surface area contributed by atoms with Gasteiger partial charge in [-0.05, 0) is 40.8 Å². The molecule has 19 heavy (non-hydrogen) atoms. The van der Waals surface area contributed by atoms with E-state index in [0.29, 0.717) is 0 Å². The zero-order chi connectivity index (χ0) is 13.9. The minimum absolute atomic E-state index is 0.213. The van der Waals surface area contributed by atoms with Crippen LogP contribution in [0.2, 0.25) is 0 Å². The van der Waals surface area contributed by atoms with Gasteiger partial charge in [0.15, 0.2) is 0 Å². The third-order valence-electron chi connectivity index (χ3n) is 3.16.